The van der Waals surface area contributed by atoms with Crippen molar-refractivity contribution in [2.45, 2.75) is 58.4 Å². The predicted molar refractivity (Wildman–Crippen MR) is 86.8 cm³/mol. The van der Waals surface area contributed by atoms with E-state index in [4.69, 9.17) is 5.73 Å². The molecule has 2 atom stereocenters. The molecule has 1 heterocycles. The first kappa shape index (κ1) is 16.3. The van der Waals surface area contributed by atoms with Crippen LogP contribution in [0.5, 0.6) is 0 Å². The van der Waals surface area contributed by atoms with Gasteiger partial charge in [-0.1, -0.05) is 13.0 Å². The van der Waals surface area contributed by atoms with Crippen molar-refractivity contribution in [1.82, 2.24) is 4.31 Å². The minimum atomic E-state index is -3.48. The largest absolute Gasteiger partial charge is 0.398 e. The van der Waals surface area contributed by atoms with Crippen LogP contribution in [0.15, 0.2) is 11.0 Å². The smallest absolute Gasteiger partial charge is 0.243 e. The monoisotopic (exact) mass is 310 g/mol. The van der Waals surface area contributed by atoms with Crippen LogP contribution in [0.1, 0.15) is 43.4 Å². The lowest BCUT2D eigenvalue weighted by molar-refractivity contribution is 0.220. The maximum atomic E-state index is 13.1. The summed E-state index contributed by atoms with van der Waals surface area (Å²) >= 11 is 0. The number of benzene rings is 1. The molecule has 0 bridgehead atoms. The summed E-state index contributed by atoms with van der Waals surface area (Å²) in [6.07, 6.45) is 1.83. The molecule has 2 unspecified atom stereocenters. The standard InChI is InChI=1S/C16H26N2O2S/c1-10-6-7-18(13(4)8-10)21(19,20)16-12(3)9-11(2)15(17)14(16)5/h9-10,13H,6-8,17H2,1-5H3. The van der Waals surface area contributed by atoms with E-state index < -0.39 is 10.0 Å². The summed E-state index contributed by atoms with van der Waals surface area (Å²) < 4.78 is 27.8. The summed E-state index contributed by atoms with van der Waals surface area (Å²) in [5.41, 5.74) is 9.03. The van der Waals surface area contributed by atoms with Crippen LogP contribution >= 0.6 is 0 Å². The third-order valence-electron chi connectivity index (χ3n) is 4.60. The van der Waals surface area contributed by atoms with Crippen LogP contribution < -0.4 is 5.73 Å². The minimum Gasteiger partial charge on any atom is -0.398 e. The number of aryl methyl sites for hydroxylation is 2. The molecule has 5 heteroatoms. The Morgan fingerprint density at radius 3 is 2.38 bits per heavy atom. The van der Waals surface area contributed by atoms with E-state index in [1.807, 2.05) is 26.8 Å². The van der Waals surface area contributed by atoms with Gasteiger partial charge >= 0.3 is 0 Å². The summed E-state index contributed by atoms with van der Waals surface area (Å²) in [7, 11) is -3.48. The van der Waals surface area contributed by atoms with Crippen LogP contribution in [0, 0.1) is 26.7 Å². The summed E-state index contributed by atoms with van der Waals surface area (Å²) in [5, 5.41) is 0. The van der Waals surface area contributed by atoms with Gasteiger partial charge in [0, 0.05) is 18.3 Å². The number of piperidine rings is 1. The Kier molecular flexibility index (Phi) is 4.36. The van der Waals surface area contributed by atoms with E-state index in [0.717, 1.165) is 24.0 Å². The molecule has 2 N–H and O–H groups in total. The average Bonchev–Trinajstić information content (AvgIpc) is 2.35. The van der Waals surface area contributed by atoms with Crippen LogP contribution in [0.25, 0.3) is 0 Å². The molecule has 2 rings (SSSR count). The predicted octanol–water partition coefficient (Wildman–Crippen LogP) is 3.00. The molecule has 0 amide bonds. The first-order valence-corrected chi connectivity index (χ1v) is 8.98. The lowest BCUT2D eigenvalue weighted by Gasteiger charge is -2.36. The van der Waals surface area contributed by atoms with E-state index in [0.29, 0.717) is 28.6 Å². The normalized spacial score (nSPS) is 24.2. The van der Waals surface area contributed by atoms with Crippen molar-refractivity contribution < 1.29 is 8.42 Å². The van der Waals surface area contributed by atoms with Gasteiger partial charge in [-0.15, -0.1) is 0 Å². The van der Waals surface area contributed by atoms with Crippen LogP contribution in [0.3, 0.4) is 0 Å². The van der Waals surface area contributed by atoms with Crippen molar-refractivity contribution >= 4 is 15.7 Å². The Hall–Kier alpha value is -1.07. The van der Waals surface area contributed by atoms with Crippen molar-refractivity contribution in [3.8, 4) is 0 Å². The number of nitrogens with two attached hydrogens (primary N) is 1. The maximum Gasteiger partial charge on any atom is 0.243 e. The molecule has 0 radical (unpaired) electrons. The van der Waals surface area contributed by atoms with Crippen molar-refractivity contribution in [1.29, 1.82) is 0 Å². The van der Waals surface area contributed by atoms with Gasteiger partial charge in [-0.05, 0) is 63.1 Å². The fourth-order valence-corrected chi connectivity index (χ4v) is 5.54. The first-order chi connectivity index (χ1) is 9.66. The van der Waals surface area contributed by atoms with E-state index in [9.17, 15) is 8.42 Å². The fraction of sp³-hybridized carbons (Fsp3) is 0.625. The third kappa shape index (κ3) is 2.81. The first-order valence-electron chi connectivity index (χ1n) is 7.54. The van der Waals surface area contributed by atoms with Crippen LogP contribution in [-0.4, -0.2) is 25.3 Å². The molecular formula is C16H26N2O2S. The van der Waals surface area contributed by atoms with E-state index in [-0.39, 0.29) is 6.04 Å². The molecule has 1 aliphatic rings. The molecule has 1 aliphatic heterocycles. The van der Waals surface area contributed by atoms with Gasteiger partial charge < -0.3 is 5.73 Å². The fourth-order valence-electron chi connectivity index (χ4n) is 3.44. The molecule has 21 heavy (non-hydrogen) atoms. The number of nitrogen functional groups attached to an aromatic ring is 1. The molecule has 1 fully saturated rings. The van der Waals surface area contributed by atoms with Gasteiger partial charge in [0.05, 0.1) is 4.90 Å². The highest BCUT2D eigenvalue weighted by Gasteiger charge is 2.35. The quantitative estimate of drug-likeness (QED) is 0.854. The van der Waals surface area contributed by atoms with E-state index >= 15 is 0 Å². The van der Waals surface area contributed by atoms with E-state index in [1.165, 1.54) is 0 Å². The third-order valence-corrected chi connectivity index (χ3v) is 6.91. The van der Waals surface area contributed by atoms with Crippen molar-refractivity contribution in [2.24, 2.45) is 5.92 Å². The highest BCUT2D eigenvalue weighted by Crippen LogP contribution is 2.34. The lowest BCUT2D eigenvalue weighted by atomic mass is 9.95. The van der Waals surface area contributed by atoms with Crippen molar-refractivity contribution in [3.63, 3.8) is 0 Å². The van der Waals surface area contributed by atoms with Gasteiger partial charge in [-0.25, -0.2) is 8.42 Å². The zero-order valence-corrected chi connectivity index (χ0v) is 14.4. The number of sulfonamides is 1. The molecule has 0 saturated carbocycles. The highest BCUT2D eigenvalue weighted by atomic mass is 32.2. The Labute approximate surface area is 128 Å². The number of rotatable bonds is 2. The summed E-state index contributed by atoms with van der Waals surface area (Å²) in [6, 6.07) is 1.91. The van der Waals surface area contributed by atoms with E-state index in [2.05, 4.69) is 6.92 Å². The summed E-state index contributed by atoms with van der Waals surface area (Å²) in [4.78, 5) is 0.395. The molecule has 118 valence electrons. The Morgan fingerprint density at radius 2 is 1.81 bits per heavy atom. The highest BCUT2D eigenvalue weighted by molar-refractivity contribution is 7.89. The second-order valence-electron chi connectivity index (χ2n) is 6.47. The van der Waals surface area contributed by atoms with Crippen molar-refractivity contribution in [3.05, 3.63) is 22.8 Å². The summed E-state index contributed by atoms with van der Waals surface area (Å²) in [6.45, 7) is 10.3. The molecular weight excluding hydrogens is 284 g/mol. The summed E-state index contributed by atoms with van der Waals surface area (Å²) in [5.74, 6) is 0.580. The van der Waals surface area contributed by atoms with Gasteiger partial charge in [0.25, 0.3) is 0 Å². The minimum absolute atomic E-state index is 0.0417. The Morgan fingerprint density at radius 1 is 1.19 bits per heavy atom. The Bertz CT molecular complexity index is 653. The number of nitrogens with zero attached hydrogens (tertiary/aromatic N) is 1. The second kappa shape index (κ2) is 5.61. The average molecular weight is 310 g/mol. The van der Waals surface area contributed by atoms with Gasteiger partial charge in [-0.2, -0.15) is 4.31 Å². The van der Waals surface area contributed by atoms with Gasteiger partial charge in [0.15, 0.2) is 0 Å². The second-order valence-corrected chi connectivity index (χ2v) is 8.30. The van der Waals surface area contributed by atoms with Gasteiger partial charge in [-0.3, -0.25) is 0 Å². The van der Waals surface area contributed by atoms with Gasteiger partial charge in [0.2, 0.25) is 10.0 Å². The van der Waals surface area contributed by atoms with Crippen LogP contribution in [-0.2, 0) is 10.0 Å². The lowest BCUT2D eigenvalue weighted by Crippen LogP contribution is -2.44. The zero-order chi connectivity index (χ0) is 15.9. The molecule has 0 aliphatic carbocycles. The Balaban J connectivity index is 2.53. The SMILES string of the molecule is Cc1cc(C)c(S(=O)(=O)N2CCC(C)CC2C)c(C)c1N. The number of hydrogen-bond acceptors (Lipinski definition) is 3. The molecule has 4 nitrogen and oxygen atoms in total. The molecule has 0 spiro atoms. The van der Waals surface area contributed by atoms with Crippen LogP contribution in [0.2, 0.25) is 0 Å². The van der Waals surface area contributed by atoms with Crippen LogP contribution in [0.4, 0.5) is 5.69 Å². The van der Waals surface area contributed by atoms with Gasteiger partial charge in [0.1, 0.15) is 0 Å². The molecule has 1 aromatic carbocycles. The molecule has 0 aromatic heterocycles. The number of anilines is 1. The topological polar surface area (TPSA) is 63.4 Å². The zero-order valence-electron chi connectivity index (χ0n) is 13.6. The van der Waals surface area contributed by atoms with E-state index in [1.54, 1.807) is 11.2 Å². The molecule has 1 saturated heterocycles. The van der Waals surface area contributed by atoms with Crippen molar-refractivity contribution in [2.75, 3.05) is 12.3 Å². The maximum absolute atomic E-state index is 13.1. The number of hydrogen-bond donors (Lipinski definition) is 1. The molecule has 1 aromatic rings.